The van der Waals surface area contributed by atoms with Crippen molar-refractivity contribution >= 4 is 21.1 Å². The second kappa shape index (κ2) is 6.19. The Morgan fingerprint density at radius 3 is 2.10 bits per heavy atom. The van der Waals surface area contributed by atoms with Crippen molar-refractivity contribution < 1.29 is 32.1 Å². The predicted molar refractivity (Wildman–Crippen MR) is 99.2 cm³/mol. The van der Waals surface area contributed by atoms with Gasteiger partial charge in [-0.1, -0.05) is 16.3 Å². The first-order chi connectivity index (χ1) is 13.5. The molecule has 3 saturated heterocycles. The number of hydrogen-bond acceptors (Lipinski definition) is 9. The second-order valence-electron chi connectivity index (χ2n) is 8.40. The first-order valence-corrected chi connectivity index (χ1v) is 11.1. The van der Waals surface area contributed by atoms with Gasteiger partial charge in [-0.15, -0.1) is 10.2 Å². The lowest BCUT2D eigenvalue weighted by molar-refractivity contribution is -0.228. The molecule has 0 aliphatic carbocycles. The third kappa shape index (κ3) is 3.35. The van der Waals surface area contributed by atoms with Crippen LogP contribution in [0.3, 0.4) is 0 Å². The highest BCUT2D eigenvalue weighted by Gasteiger charge is 2.61. The molecule has 3 fully saturated rings. The first-order valence-electron chi connectivity index (χ1n) is 9.45. The van der Waals surface area contributed by atoms with Crippen molar-refractivity contribution in [3.05, 3.63) is 24.3 Å². The van der Waals surface area contributed by atoms with Gasteiger partial charge in [-0.2, -0.15) is 0 Å². The van der Waals surface area contributed by atoms with Crippen LogP contribution in [0.2, 0.25) is 0 Å². The van der Waals surface area contributed by atoms with Gasteiger partial charge in [0.1, 0.15) is 41.2 Å². The Labute approximate surface area is 168 Å². The molecule has 0 spiro atoms. The molecule has 29 heavy (non-hydrogen) atoms. The molecule has 2 aromatic rings. The monoisotopic (exact) mass is 425 g/mol. The number of fused-ring (bicyclic) bond motifs is 4. The van der Waals surface area contributed by atoms with Crippen LogP contribution in [0.1, 0.15) is 27.7 Å². The van der Waals surface area contributed by atoms with Gasteiger partial charge in [0.05, 0.1) is 0 Å². The maximum absolute atomic E-state index is 13.0. The van der Waals surface area contributed by atoms with E-state index in [-0.39, 0.29) is 5.75 Å². The van der Waals surface area contributed by atoms with E-state index in [0.717, 1.165) is 4.20 Å². The highest BCUT2D eigenvalue weighted by atomic mass is 32.2. The Hall–Kier alpha value is -1.63. The van der Waals surface area contributed by atoms with Gasteiger partial charge in [0, 0.05) is 0 Å². The summed E-state index contributed by atoms with van der Waals surface area (Å²) >= 11 is 0. The van der Waals surface area contributed by atoms with Gasteiger partial charge in [-0.25, -0.2) is 8.42 Å². The number of aromatic nitrogens is 3. The summed E-state index contributed by atoms with van der Waals surface area (Å²) in [5, 5.41) is 8.18. The van der Waals surface area contributed by atoms with Crippen molar-refractivity contribution in [2.75, 3.05) is 5.75 Å². The zero-order valence-corrected chi connectivity index (χ0v) is 17.3. The maximum atomic E-state index is 13.0. The molecule has 0 unspecified atom stereocenters. The minimum Gasteiger partial charge on any atom is -0.343 e. The third-order valence-electron chi connectivity index (χ3n) is 5.14. The van der Waals surface area contributed by atoms with Gasteiger partial charge in [0.2, 0.25) is 0 Å². The van der Waals surface area contributed by atoms with Crippen LogP contribution in [0.15, 0.2) is 24.3 Å². The second-order valence-corrected chi connectivity index (χ2v) is 10.2. The zero-order chi connectivity index (χ0) is 20.6. The minimum absolute atomic E-state index is 0.387. The summed E-state index contributed by atoms with van der Waals surface area (Å²) in [7, 11) is -3.92. The van der Waals surface area contributed by atoms with Crippen molar-refractivity contribution in [2.45, 2.75) is 70.0 Å². The van der Waals surface area contributed by atoms with E-state index in [9.17, 15) is 8.42 Å². The molecule has 0 saturated carbocycles. The molecule has 0 radical (unpaired) electrons. The van der Waals surface area contributed by atoms with Crippen molar-refractivity contribution in [3.63, 3.8) is 0 Å². The molecule has 0 amide bonds. The molecule has 0 bridgehead atoms. The van der Waals surface area contributed by atoms with Crippen molar-refractivity contribution in [1.82, 2.24) is 14.4 Å². The van der Waals surface area contributed by atoms with Gasteiger partial charge in [0.15, 0.2) is 17.9 Å². The fourth-order valence-electron chi connectivity index (χ4n) is 4.07. The predicted octanol–water partition coefficient (Wildman–Crippen LogP) is 1.01. The quantitative estimate of drug-likeness (QED) is 0.711. The van der Waals surface area contributed by atoms with Crippen LogP contribution in [0.5, 0.6) is 0 Å². The fourth-order valence-corrected chi connectivity index (χ4v) is 5.31. The van der Waals surface area contributed by atoms with Crippen LogP contribution in [0, 0.1) is 0 Å². The van der Waals surface area contributed by atoms with Gasteiger partial charge in [-0.05, 0) is 39.8 Å². The third-order valence-corrected chi connectivity index (χ3v) is 6.55. The molecule has 5 atom stereocenters. The summed E-state index contributed by atoms with van der Waals surface area (Å²) in [5.74, 6) is -2.16. The lowest BCUT2D eigenvalue weighted by Gasteiger charge is -2.36. The summed E-state index contributed by atoms with van der Waals surface area (Å²) in [6, 6.07) is 6.95. The van der Waals surface area contributed by atoms with Gasteiger partial charge in [0.25, 0.3) is 10.0 Å². The summed E-state index contributed by atoms with van der Waals surface area (Å²) in [6.07, 6.45) is -3.26. The van der Waals surface area contributed by atoms with E-state index >= 15 is 0 Å². The van der Waals surface area contributed by atoms with Crippen LogP contribution in [0.25, 0.3) is 11.0 Å². The van der Waals surface area contributed by atoms with Crippen molar-refractivity contribution in [3.8, 4) is 0 Å². The minimum atomic E-state index is -3.92. The molecule has 1 aromatic heterocycles. The standard InChI is InChI=1S/C18H23N3O7S/c1-17(2)25-13-12(24-16-15(14(13)26-17)27-18(3,4)28-16)9-29(22,23)21-19-10-7-5-6-8-11(10)20-21/h5-8,12-16H,9H2,1-4H3/t12-,13+,14+,15-,16-/m1/s1. The molecule has 5 rings (SSSR count). The van der Waals surface area contributed by atoms with E-state index in [4.69, 9.17) is 23.7 Å². The van der Waals surface area contributed by atoms with Crippen LogP contribution >= 0.6 is 0 Å². The van der Waals surface area contributed by atoms with Crippen LogP contribution in [-0.2, 0) is 33.7 Å². The van der Waals surface area contributed by atoms with Gasteiger partial charge >= 0.3 is 0 Å². The molecule has 158 valence electrons. The van der Waals surface area contributed by atoms with Crippen molar-refractivity contribution in [1.29, 1.82) is 0 Å². The number of ether oxygens (including phenoxy) is 5. The molecule has 3 aliphatic rings. The Morgan fingerprint density at radius 2 is 1.45 bits per heavy atom. The maximum Gasteiger partial charge on any atom is 0.272 e. The summed E-state index contributed by atoms with van der Waals surface area (Å²) in [4.78, 5) is 0. The highest BCUT2D eigenvalue weighted by Crippen LogP contribution is 2.44. The molecule has 11 heteroatoms. The van der Waals surface area contributed by atoms with Crippen LogP contribution in [-0.4, -0.2) is 70.8 Å². The number of nitrogens with zero attached hydrogens (tertiary/aromatic N) is 3. The average Bonchev–Trinajstić information content (AvgIpc) is 3.26. The molecular weight excluding hydrogens is 402 g/mol. The summed E-state index contributed by atoms with van der Waals surface area (Å²) in [5.41, 5.74) is 0.990. The molecule has 0 N–H and O–H groups in total. The van der Waals surface area contributed by atoms with E-state index in [0.29, 0.717) is 11.0 Å². The van der Waals surface area contributed by atoms with E-state index in [1.165, 1.54) is 0 Å². The lowest BCUT2D eigenvalue weighted by atomic mass is 10.00. The van der Waals surface area contributed by atoms with E-state index < -0.39 is 52.3 Å². The molecule has 10 nitrogen and oxygen atoms in total. The molecule has 1 aromatic carbocycles. The average molecular weight is 425 g/mol. The largest absolute Gasteiger partial charge is 0.343 e. The molecule has 3 aliphatic heterocycles. The molecular formula is C18H23N3O7S. The van der Waals surface area contributed by atoms with E-state index in [2.05, 4.69) is 10.2 Å². The first kappa shape index (κ1) is 19.3. The van der Waals surface area contributed by atoms with Gasteiger partial charge < -0.3 is 23.7 Å². The summed E-state index contributed by atoms with van der Waals surface area (Å²) in [6.45, 7) is 7.09. The van der Waals surface area contributed by atoms with E-state index in [1.807, 2.05) is 0 Å². The molecule has 4 heterocycles. The normalized spacial score (nSPS) is 35.5. The zero-order valence-electron chi connectivity index (χ0n) is 16.5. The van der Waals surface area contributed by atoms with Crippen LogP contribution in [0.4, 0.5) is 0 Å². The highest BCUT2D eigenvalue weighted by molar-refractivity contribution is 7.89. The Balaban J connectivity index is 1.45. The topological polar surface area (TPSA) is 111 Å². The van der Waals surface area contributed by atoms with Crippen molar-refractivity contribution in [2.24, 2.45) is 0 Å². The number of rotatable bonds is 3. The fraction of sp³-hybridized carbons (Fsp3) is 0.667. The number of hydrogen-bond donors (Lipinski definition) is 0. The SMILES string of the molecule is CC1(C)O[C@H]2[C@@H](O1)[C@@H](CS(=O)(=O)n1nc3ccccc3n1)O[C@@H]1OC(C)(C)O[C@@H]12. The smallest absolute Gasteiger partial charge is 0.272 e. The lowest BCUT2D eigenvalue weighted by Crippen LogP contribution is -2.57. The van der Waals surface area contributed by atoms with Gasteiger partial charge in [-0.3, -0.25) is 0 Å². The Morgan fingerprint density at radius 1 is 0.897 bits per heavy atom. The summed E-state index contributed by atoms with van der Waals surface area (Å²) < 4.78 is 56.5. The Kier molecular flexibility index (Phi) is 4.13. The van der Waals surface area contributed by atoms with E-state index in [1.54, 1.807) is 52.0 Å². The Bertz CT molecular complexity index is 1020. The number of benzene rings is 1. The van der Waals surface area contributed by atoms with Crippen LogP contribution < -0.4 is 0 Å².